The number of Topliss-reactive ketones (excluding diaryl/α,β-unsaturated/α-hetero) is 1. The molecule has 0 heterocycles. The van der Waals surface area contributed by atoms with Gasteiger partial charge in [0.15, 0.2) is 5.78 Å². The van der Waals surface area contributed by atoms with Gasteiger partial charge < -0.3 is 0 Å². The number of hydrogen-bond acceptors (Lipinski definition) is 2. The Hall–Kier alpha value is -0.350. The van der Waals surface area contributed by atoms with E-state index in [-0.39, 0.29) is 16.4 Å². The van der Waals surface area contributed by atoms with Gasteiger partial charge in [-0.05, 0) is 31.4 Å². The third-order valence-corrected chi connectivity index (χ3v) is 2.98. The van der Waals surface area contributed by atoms with Gasteiger partial charge in [0.1, 0.15) is 5.82 Å². The molecule has 0 amide bonds. The lowest BCUT2D eigenvalue weighted by molar-refractivity contribution is 0.0993. The number of hydrogen-bond donors (Lipinski definition) is 0. The average molecular weight is 277 g/mol. The fourth-order valence-electron chi connectivity index (χ4n) is 1.08. The molecule has 0 aromatic heterocycles. The molecule has 0 aliphatic heterocycles. The van der Waals surface area contributed by atoms with Crippen LogP contribution in [-0.2, 0) is 0 Å². The second kappa shape index (κ2) is 4.94. The van der Waals surface area contributed by atoms with Crippen molar-refractivity contribution in [2.24, 2.45) is 0 Å². The fraction of sp³-hybridized carbons (Fsp3) is 0.300. The first-order valence-electron chi connectivity index (χ1n) is 4.08. The van der Waals surface area contributed by atoms with Crippen molar-refractivity contribution in [3.05, 3.63) is 29.6 Å². The van der Waals surface area contributed by atoms with Crippen molar-refractivity contribution in [3.63, 3.8) is 0 Å². The molecule has 0 bridgehead atoms. The van der Waals surface area contributed by atoms with Crippen molar-refractivity contribution < 1.29 is 9.18 Å². The molecule has 1 unspecified atom stereocenters. The van der Waals surface area contributed by atoms with Crippen LogP contribution in [0.3, 0.4) is 0 Å². The number of alkyl halides is 1. The molecule has 0 aliphatic rings. The summed E-state index contributed by atoms with van der Waals surface area (Å²) in [5.41, 5.74) is 0.572. The number of thioether (sulfide) groups is 1. The van der Waals surface area contributed by atoms with Crippen LogP contribution in [0, 0.1) is 5.82 Å². The first-order valence-corrected chi connectivity index (χ1v) is 6.22. The van der Waals surface area contributed by atoms with Crippen molar-refractivity contribution >= 4 is 33.5 Å². The van der Waals surface area contributed by atoms with Gasteiger partial charge in [0.2, 0.25) is 0 Å². The summed E-state index contributed by atoms with van der Waals surface area (Å²) in [6.07, 6.45) is 1.82. The third kappa shape index (κ3) is 2.58. The average Bonchev–Trinajstić information content (AvgIpc) is 2.16. The van der Waals surface area contributed by atoms with Crippen LogP contribution in [0.25, 0.3) is 0 Å². The Bertz CT molecular complexity index is 352. The highest BCUT2D eigenvalue weighted by Crippen LogP contribution is 2.24. The molecule has 0 saturated carbocycles. The first-order chi connectivity index (χ1) is 6.56. The molecule has 4 heteroatoms. The topological polar surface area (TPSA) is 17.1 Å². The molecule has 0 saturated heterocycles. The maximum absolute atomic E-state index is 12.9. The highest BCUT2D eigenvalue weighted by Gasteiger charge is 2.15. The van der Waals surface area contributed by atoms with Crippen LogP contribution < -0.4 is 0 Å². The van der Waals surface area contributed by atoms with Crippen molar-refractivity contribution in [1.82, 2.24) is 0 Å². The van der Waals surface area contributed by atoms with Gasteiger partial charge in [0, 0.05) is 10.5 Å². The smallest absolute Gasteiger partial charge is 0.177 e. The maximum atomic E-state index is 12.9. The Kier molecular flexibility index (Phi) is 4.13. The molecule has 0 fully saturated rings. The van der Waals surface area contributed by atoms with E-state index in [0.29, 0.717) is 10.5 Å². The van der Waals surface area contributed by atoms with Gasteiger partial charge >= 0.3 is 0 Å². The van der Waals surface area contributed by atoms with E-state index in [4.69, 9.17) is 0 Å². The summed E-state index contributed by atoms with van der Waals surface area (Å²) in [5.74, 6) is -0.331. The summed E-state index contributed by atoms with van der Waals surface area (Å²) < 4.78 is 12.9. The van der Waals surface area contributed by atoms with E-state index in [1.807, 2.05) is 6.26 Å². The number of ketones is 1. The standard InChI is InChI=1S/C10H10BrFOS/c1-6(11)10(13)8-4-3-7(12)5-9(8)14-2/h3-6H,1-2H3. The van der Waals surface area contributed by atoms with Crippen molar-refractivity contribution in [1.29, 1.82) is 0 Å². The minimum absolute atomic E-state index is 0.0191. The predicted octanol–water partition coefficient (Wildman–Crippen LogP) is 3.51. The largest absolute Gasteiger partial charge is 0.293 e. The van der Waals surface area contributed by atoms with E-state index in [0.717, 1.165) is 0 Å². The molecule has 1 nitrogen and oxygen atoms in total. The van der Waals surface area contributed by atoms with Gasteiger partial charge in [-0.15, -0.1) is 11.8 Å². The van der Waals surface area contributed by atoms with E-state index < -0.39 is 0 Å². The Labute approximate surface area is 95.2 Å². The van der Waals surface area contributed by atoms with Crippen molar-refractivity contribution in [3.8, 4) is 0 Å². The highest BCUT2D eigenvalue weighted by atomic mass is 79.9. The Morgan fingerprint density at radius 3 is 2.71 bits per heavy atom. The van der Waals surface area contributed by atoms with E-state index in [1.54, 1.807) is 6.92 Å². The van der Waals surface area contributed by atoms with Crippen LogP contribution >= 0.6 is 27.7 Å². The van der Waals surface area contributed by atoms with Crippen LogP contribution in [0.4, 0.5) is 4.39 Å². The van der Waals surface area contributed by atoms with E-state index >= 15 is 0 Å². The molecule has 0 radical (unpaired) electrons. The Morgan fingerprint density at radius 1 is 1.57 bits per heavy atom. The molecular weight excluding hydrogens is 267 g/mol. The lowest BCUT2D eigenvalue weighted by atomic mass is 10.1. The number of carbonyl (C=O) groups is 1. The summed E-state index contributed by atoms with van der Waals surface area (Å²) in [4.78, 5) is 12.1. The van der Waals surface area contributed by atoms with Crippen LogP contribution in [0.1, 0.15) is 17.3 Å². The number of halogens is 2. The van der Waals surface area contributed by atoms with Crippen molar-refractivity contribution in [2.45, 2.75) is 16.6 Å². The normalized spacial score (nSPS) is 12.6. The fourth-order valence-corrected chi connectivity index (χ4v) is 1.95. The Morgan fingerprint density at radius 2 is 2.21 bits per heavy atom. The lowest BCUT2D eigenvalue weighted by Crippen LogP contribution is -2.11. The number of carbonyl (C=O) groups excluding carboxylic acids is 1. The van der Waals surface area contributed by atoms with Gasteiger partial charge in [0.05, 0.1) is 4.83 Å². The molecular formula is C10H10BrFOS. The summed E-state index contributed by atoms with van der Waals surface area (Å²) >= 11 is 4.58. The van der Waals surface area contributed by atoms with Crippen LogP contribution in [0.5, 0.6) is 0 Å². The Balaban J connectivity index is 3.14. The van der Waals surface area contributed by atoms with Crippen molar-refractivity contribution in [2.75, 3.05) is 6.26 Å². The minimum atomic E-state index is -0.312. The quantitative estimate of drug-likeness (QED) is 0.478. The van der Waals surface area contributed by atoms with Crippen LogP contribution in [-0.4, -0.2) is 16.9 Å². The van der Waals surface area contributed by atoms with Gasteiger partial charge in [0.25, 0.3) is 0 Å². The van der Waals surface area contributed by atoms with E-state index in [1.165, 1.54) is 30.0 Å². The van der Waals surface area contributed by atoms with Gasteiger partial charge in [-0.2, -0.15) is 0 Å². The predicted molar refractivity (Wildman–Crippen MR) is 60.9 cm³/mol. The molecule has 1 atom stereocenters. The summed E-state index contributed by atoms with van der Waals surface area (Å²) in [6, 6.07) is 4.22. The number of benzene rings is 1. The number of rotatable bonds is 3. The second-order valence-electron chi connectivity index (χ2n) is 2.82. The highest BCUT2D eigenvalue weighted by molar-refractivity contribution is 9.10. The zero-order valence-electron chi connectivity index (χ0n) is 7.88. The zero-order valence-corrected chi connectivity index (χ0v) is 10.3. The molecule has 76 valence electrons. The molecule has 0 N–H and O–H groups in total. The molecule has 0 spiro atoms. The monoisotopic (exact) mass is 276 g/mol. The SMILES string of the molecule is CSc1cc(F)ccc1C(=O)C(C)Br. The van der Waals surface area contributed by atoms with Crippen LogP contribution in [0.2, 0.25) is 0 Å². The second-order valence-corrected chi connectivity index (χ2v) is 5.05. The van der Waals surface area contributed by atoms with E-state index in [9.17, 15) is 9.18 Å². The summed E-state index contributed by atoms with van der Waals surface area (Å²) in [5, 5.41) is 0. The summed E-state index contributed by atoms with van der Waals surface area (Å²) in [6.45, 7) is 1.76. The lowest BCUT2D eigenvalue weighted by Gasteiger charge is -2.07. The van der Waals surface area contributed by atoms with Gasteiger partial charge in [-0.1, -0.05) is 15.9 Å². The van der Waals surface area contributed by atoms with Crippen LogP contribution in [0.15, 0.2) is 23.1 Å². The molecule has 14 heavy (non-hydrogen) atoms. The van der Waals surface area contributed by atoms with Gasteiger partial charge in [-0.3, -0.25) is 4.79 Å². The molecule has 1 rings (SSSR count). The third-order valence-electron chi connectivity index (χ3n) is 1.79. The minimum Gasteiger partial charge on any atom is -0.293 e. The van der Waals surface area contributed by atoms with E-state index in [2.05, 4.69) is 15.9 Å². The molecule has 1 aromatic rings. The first kappa shape index (κ1) is 11.7. The zero-order chi connectivity index (χ0) is 10.7. The molecule has 0 aliphatic carbocycles. The molecule has 1 aromatic carbocycles. The maximum Gasteiger partial charge on any atom is 0.177 e. The van der Waals surface area contributed by atoms with Gasteiger partial charge in [-0.25, -0.2) is 4.39 Å². The summed E-state index contributed by atoms with van der Waals surface area (Å²) in [7, 11) is 0.